The number of hydrogen-bond acceptors (Lipinski definition) is 4. The Balaban J connectivity index is 2.17. The first-order chi connectivity index (χ1) is 9.08. The molecule has 0 spiro atoms. The highest BCUT2D eigenvalue weighted by Crippen LogP contribution is 2.35. The van der Waals surface area contributed by atoms with E-state index in [9.17, 15) is 0 Å². The van der Waals surface area contributed by atoms with E-state index >= 15 is 0 Å². The van der Waals surface area contributed by atoms with Gasteiger partial charge in [0.2, 0.25) is 0 Å². The van der Waals surface area contributed by atoms with Crippen molar-refractivity contribution in [1.82, 2.24) is 10.6 Å². The second-order valence-electron chi connectivity index (χ2n) is 6.43. The molecule has 6 unspecified atom stereocenters. The molecule has 0 aromatic rings. The number of ether oxygens (including phenoxy) is 2. The van der Waals surface area contributed by atoms with Crippen molar-refractivity contribution < 1.29 is 9.47 Å². The summed E-state index contributed by atoms with van der Waals surface area (Å²) in [5.41, 5.74) is 0. The van der Waals surface area contributed by atoms with E-state index < -0.39 is 0 Å². The lowest BCUT2D eigenvalue weighted by Gasteiger charge is -2.51. The smallest absolute Gasteiger partial charge is 0.108 e. The fourth-order valence-corrected chi connectivity index (χ4v) is 3.89. The minimum atomic E-state index is 0.195. The van der Waals surface area contributed by atoms with Gasteiger partial charge in [-0.05, 0) is 38.1 Å². The van der Waals surface area contributed by atoms with Crippen molar-refractivity contribution in [2.24, 2.45) is 17.8 Å². The first-order valence-electron chi connectivity index (χ1n) is 7.63. The standard InChI is InChI=1S/C15H30N2O2/c1-9(2)11-8-16-12-6-7-13(19-5)17-15(12)14(11)10(3)18-4/h9-17H,6-8H2,1-5H3. The second-order valence-corrected chi connectivity index (χ2v) is 6.43. The molecule has 2 saturated heterocycles. The van der Waals surface area contributed by atoms with Crippen LogP contribution in [0.15, 0.2) is 0 Å². The molecule has 0 amide bonds. The Morgan fingerprint density at radius 2 is 1.84 bits per heavy atom. The van der Waals surface area contributed by atoms with E-state index in [1.54, 1.807) is 7.11 Å². The van der Waals surface area contributed by atoms with E-state index in [2.05, 4.69) is 31.4 Å². The predicted molar refractivity (Wildman–Crippen MR) is 77.0 cm³/mol. The summed E-state index contributed by atoms with van der Waals surface area (Å²) >= 11 is 0. The van der Waals surface area contributed by atoms with Gasteiger partial charge in [0.25, 0.3) is 0 Å². The summed E-state index contributed by atoms with van der Waals surface area (Å²) in [6.07, 6.45) is 2.75. The van der Waals surface area contributed by atoms with Crippen LogP contribution >= 0.6 is 0 Å². The van der Waals surface area contributed by atoms with Crippen molar-refractivity contribution in [3.05, 3.63) is 0 Å². The van der Waals surface area contributed by atoms with Gasteiger partial charge in [-0.25, -0.2) is 0 Å². The maximum atomic E-state index is 5.68. The van der Waals surface area contributed by atoms with Crippen LogP contribution in [0.3, 0.4) is 0 Å². The Hall–Kier alpha value is -0.160. The maximum Gasteiger partial charge on any atom is 0.108 e. The largest absolute Gasteiger partial charge is 0.381 e. The SMILES string of the molecule is COC1CCC2NCC(C(C)C)C(C(C)OC)C2N1. The third-order valence-electron chi connectivity index (χ3n) is 5.13. The highest BCUT2D eigenvalue weighted by Gasteiger charge is 2.45. The molecular formula is C15H30N2O2. The minimum Gasteiger partial charge on any atom is -0.381 e. The number of nitrogens with one attached hydrogen (secondary N) is 2. The number of rotatable bonds is 4. The Morgan fingerprint density at radius 3 is 2.42 bits per heavy atom. The van der Waals surface area contributed by atoms with Gasteiger partial charge in [0.1, 0.15) is 6.23 Å². The molecule has 0 bridgehead atoms. The molecule has 4 heteroatoms. The van der Waals surface area contributed by atoms with Crippen LogP contribution in [0.5, 0.6) is 0 Å². The van der Waals surface area contributed by atoms with Gasteiger partial charge in [-0.15, -0.1) is 0 Å². The average Bonchev–Trinajstić information content (AvgIpc) is 2.44. The van der Waals surface area contributed by atoms with Crippen molar-refractivity contribution in [2.75, 3.05) is 20.8 Å². The zero-order valence-corrected chi connectivity index (χ0v) is 13.0. The van der Waals surface area contributed by atoms with Crippen LogP contribution in [0.1, 0.15) is 33.6 Å². The Kier molecular flexibility index (Phi) is 5.23. The van der Waals surface area contributed by atoms with Crippen LogP contribution in [-0.2, 0) is 9.47 Å². The van der Waals surface area contributed by atoms with Crippen LogP contribution in [0.4, 0.5) is 0 Å². The summed E-state index contributed by atoms with van der Waals surface area (Å²) in [6, 6.07) is 1.01. The van der Waals surface area contributed by atoms with E-state index in [0.29, 0.717) is 29.8 Å². The number of methoxy groups -OCH3 is 2. The zero-order chi connectivity index (χ0) is 14.0. The molecule has 0 saturated carbocycles. The summed E-state index contributed by atoms with van der Waals surface area (Å²) in [4.78, 5) is 0. The van der Waals surface area contributed by atoms with Crippen LogP contribution in [0.2, 0.25) is 0 Å². The molecule has 0 aromatic heterocycles. The molecule has 4 nitrogen and oxygen atoms in total. The summed E-state index contributed by atoms with van der Waals surface area (Å²) in [6.45, 7) is 7.95. The molecule has 2 aliphatic rings. The molecule has 112 valence electrons. The molecule has 0 aliphatic carbocycles. The third kappa shape index (κ3) is 3.13. The van der Waals surface area contributed by atoms with Gasteiger partial charge < -0.3 is 14.8 Å². The molecule has 2 rings (SSSR count). The van der Waals surface area contributed by atoms with Gasteiger partial charge >= 0.3 is 0 Å². The van der Waals surface area contributed by atoms with Crippen molar-refractivity contribution in [3.63, 3.8) is 0 Å². The van der Waals surface area contributed by atoms with Crippen molar-refractivity contribution in [1.29, 1.82) is 0 Å². The molecular weight excluding hydrogens is 240 g/mol. The molecule has 2 N–H and O–H groups in total. The molecule has 0 radical (unpaired) electrons. The normalized spacial score (nSPS) is 41.1. The van der Waals surface area contributed by atoms with Gasteiger partial charge in [-0.3, -0.25) is 5.32 Å². The first kappa shape index (κ1) is 15.2. The fourth-order valence-electron chi connectivity index (χ4n) is 3.89. The topological polar surface area (TPSA) is 42.5 Å². The molecule has 6 atom stereocenters. The van der Waals surface area contributed by atoms with Gasteiger partial charge in [0, 0.05) is 32.2 Å². The fraction of sp³-hybridized carbons (Fsp3) is 1.00. The van der Waals surface area contributed by atoms with Crippen molar-refractivity contribution in [3.8, 4) is 0 Å². The van der Waals surface area contributed by atoms with Gasteiger partial charge in [-0.1, -0.05) is 13.8 Å². The number of fused-ring (bicyclic) bond motifs is 1. The molecule has 19 heavy (non-hydrogen) atoms. The lowest BCUT2D eigenvalue weighted by atomic mass is 9.69. The minimum absolute atomic E-state index is 0.195. The van der Waals surface area contributed by atoms with Crippen molar-refractivity contribution in [2.45, 2.75) is 58.0 Å². The molecule has 2 fully saturated rings. The van der Waals surface area contributed by atoms with Gasteiger partial charge in [0.05, 0.1) is 6.10 Å². The van der Waals surface area contributed by atoms with Gasteiger partial charge in [-0.2, -0.15) is 0 Å². The van der Waals surface area contributed by atoms with E-state index in [1.807, 2.05) is 7.11 Å². The second kappa shape index (κ2) is 6.53. The lowest BCUT2D eigenvalue weighted by molar-refractivity contribution is -0.0577. The third-order valence-corrected chi connectivity index (χ3v) is 5.13. The van der Waals surface area contributed by atoms with Crippen LogP contribution in [0.25, 0.3) is 0 Å². The van der Waals surface area contributed by atoms with Crippen LogP contribution in [-0.4, -0.2) is 45.2 Å². The highest BCUT2D eigenvalue weighted by molar-refractivity contribution is 5.01. The molecule has 2 heterocycles. The quantitative estimate of drug-likeness (QED) is 0.814. The van der Waals surface area contributed by atoms with Crippen molar-refractivity contribution >= 4 is 0 Å². The summed E-state index contributed by atoms with van der Waals surface area (Å²) in [5.74, 6) is 1.87. The maximum absolute atomic E-state index is 5.68. The van der Waals surface area contributed by atoms with Crippen LogP contribution in [0, 0.1) is 17.8 Å². The lowest BCUT2D eigenvalue weighted by Crippen LogP contribution is -2.67. The predicted octanol–water partition coefficient (Wildman–Crippen LogP) is 1.61. The highest BCUT2D eigenvalue weighted by atomic mass is 16.5. The summed E-state index contributed by atoms with van der Waals surface area (Å²) in [5, 5.41) is 7.42. The van der Waals surface area contributed by atoms with E-state index in [1.165, 1.54) is 6.42 Å². The Morgan fingerprint density at radius 1 is 1.11 bits per heavy atom. The zero-order valence-electron chi connectivity index (χ0n) is 13.0. The molecule has 0 aromatic carbocycles. The van der Waals surface area contributed by atoms with E-state index in [0.717, 1.165) is 13.0 Å². The Labute approximate surface area is 117 Å². The monoisotopic (exact) mass is 270 g/mol. The first-order valence-corrected chi connectivity index (χ1v) is 7.63. The average molecular weight is 270 g/mol. The number of piperidine rings is 2. The number of hydrogen-bond donors (Lipinski definition) is 2. The Bertz CT molecular complexity index is 285. The van der Waals surface area contributed by atoms with E-state index in [-0.39, 0.29) is 12.3 Å². The van der Waals surface area contributed by atoms with Crippen LogP contribution < -0.4 is 10.6 Å². The van der Waals surface area contributed by atoms with E-state index in [4.69, 9.17) is 9.47 Å². The summed E-state index contributed by atoms with van der Waals surface area (Å²) < 4.78 is 11.2. The summed E-state index contributed by atoms with van der Waals surface area (Å²) in [7, 11) is 3.62. The van der Waals surface area contributed by atoms with Gasteiger partial charge in [0.15, 0.2) is 0 Å². The molecule has 2 aliphatic heterocycles.